The van der Waals surface area contributed by atoms with E-state index in [1.54, 1.807) is 6.20 Å². The molecule has 2 atom stereocenters. The molecule has 3 rings (SSSR count). The van der Waals surface area contributed by atoms with Crippen LogP contribution in [0.2, 0.25) is 0 Å². The quantitative estimate of drug-likeness (QED) is 0.859. The van der Waals surface area contributed by atoms with Crippen LogP contribution in [0, 0.1) is 11.8 Å². The van der Waals surface area contributed by atoms with Gasteiger partial charge < -0.3 is 10.6 Å². The van der Waals surface area contributed by atoms with E-state index in [4.69, 9.17) is 0 Å². The zero-order chi connectivity index (χ0) is 15.4. The zero-order valence-electron chi connectivity index (χ0n) is 12.8. The molecule has 0 spiro atoms. The number of pyridine rings is 1. The van der Waals surface area contributed by atoms with Crippen LogP contribution in [0.25, 0.3) is 0 Å². The van der Waals surface area contributed by atoms with Crippen LogP contribution in [0.1, 0.15) is 19.0 Å². The van der Waals surface area contributed by atoms with Crippen molar-refractivity contribution in [1.29, 1.82) is 0 Å². The molecule has 0 unspecified atom stereocenters. The van der Waals surface area contributed by atoms with Crippen LogP contribution in [0.15, 0.2) is 48.7 Å². The van der Waals surface area contributed by atoms with Crippen molar-refractivity contribution in [2.24, 2.45) is 11.8 Å². The molecule has 1 saturated carbocycles. The molecule has 1 heterocycles. The SMILES string of the molecule is C[C@@H]1C[C@@H]1C(=O)Nc1ccccc1NCCc1ccccn1. The van der Waals surface area contributed by atoms with Gasteiger partial charge >= 0.3 is 0 Å². The molecule has 0 aliphatic heterocycles. The van der Waals surface area contributed by atoms with Gasteiger partial charge in [0, 0.05) is 30.8 Å². The molecule has 2 aromatic rings. The van der Waals surface area contributed by atoms with Gasteiger partial charge in [-0.2, -0.15) is 0 Å². The highest BCUT2D eigenvalue weighted by molar-refractivity contribution is 5.97. The first-order valence-electron chi connectivity index (χ1n) is 7.77. The number of para-hydroxylation sites is 2. The molecule has 4 heteroatoms. The summed E-state index contributed by atoms with van der Waals surface area (Å²) >= 11 is 0. The van der Waals surface area contributed by atoms with Crippen molar-refractivity contribution >= 4 is 17.3 Å². The van der Waals surface area contributed by atoms with Gasteiger partial charge in [0.1, 0.15) is 0 Å². The Balaban J connectivity index is 1.58. The van der Waals surface area contributed by atoms with Crippen LogP contribution in [-0.2, 0) is 11.2 Å². The Morgan fingerprint density at radius 3 is 2.59 bits per heavy atom. The number of rotatable bonds is 6. The van der Waals surface area contributed by atoms with Crippen molar-refractivity contribution in [1.82, 2.24) is 4.98 Å². The lowest BCUT2D eigenvalue weighted by Crippen LogP contribution is -2.16. The fourth-order valence-electron chi connectivity index (χ4n) is 2.53. The molecule has 4 nitrogen and oxygen atoms in total. The van der Waals surface area contributed by atoms with Crippen molar-refractivity contribution < 1.29 is 4.79 Å². The van der Waals surface area contributed by atoms with E-state index in [1.807, 2.05) is 42.5 Å². The van der Waals surface area contributed by atoms with Crippen molar-refractivity contribution in [2.45, 2.75) is 19.8 Å². The summed E-state index contributed by atoms with van der Waals surface area (Å²) in [5.74, 6) is 0.831. The monoisotopic (exact) mass is 295 g/mol. The molecule has 1 aliphatic rings. The molecular formula is C18H21N3O. The number of carbonyl (C=O) groups is 1. The van der Waals surface area contributed by atoms with Gasteiger partial charge in [-0.3, -0.25) is 9.78 Å². The largest absolute Gasteiger partial charge is 0.383 e. The van der Waals surface area contributed by atoms with E-state index in [2.05, 4.69) is 22.5 Å². The average Bonchev–Trinajstić information content (AvgIpc) is 3.27. The van der Waals surface area contributed by atoms with Gasteiger partial charge in [-0.05, 0) is 36.6 Å². The molecule has 1 amide bonds. The van der Waals surface area contributed by atoms with Crippen molar-refractivity contribution in [2.75, 3.05) is 17.2 Å². The number of benzene rings is 1. The van der Waals surface area contributed by atoms with E-state index in [0.717, 1.165) is 36.5 Å². The fraction of sp³-hybridized carbons (Fsp3) is 0.333. The minimum Gasteiger partial charge on any atom is -0.383 e. The summed E-state index contributed by atoms with van der Waals surface area (Å²) in [6.45, 7) is 2.89. The summed E-state index contributed by atoms with van der Waals surface area (Å²) in [7, 11) is 0. The van der Waals surface area contributed by atoms with Gasteiger partial charge in [-0.25, -0.2) is 0 Å². The Hall–Kier alpha value is -2.36. The first-order chi connectivity index (χ1) is 10.7. The highest BCUT2D eigenvalue weighted by Gasteiger charge is 2.39. The minimum atomic E-state index is 0.131. The molecule has 1 aromatic carbocycles. The topological polar surface area (TPSA) is 54.0 Å². The standard InChI is InChI=1S/C18H21N3O/c1-13-12-15(13)18(22)21-17-8-3-2-7-16(17)20-11-9-14-6-4-5-10-19-14/h2-8,10,13,15,20H,9,11-12H2,1H3,(H,21,22)/t13-,15+/m1/s1. The fourth-order valence-corrected chi connectivity index (χ4v) is 2.53. The van der Waals surface area contributed by atoms with Gasteiger partial charge in [-0.15, -0.1) is 0 Å². The summed E-state index contributed by atoms with van der Waals surface area (Å²) in [4.78, 5) is 16.4. The molecule has 2 N–H and O–H groups in total. The predicted octanol–water partition coefficient (Wildman–Crippen LogP) is 3.33. The first kappa shape index (κ1) is 14.6. The van der Waals surface area contributed by atoms with Crippen LogP contribution < -0.4 is 10.6 Å². The second-order valence-corrected chi connectivity index (χ2v) is 5.85. The molecule has 0 saturated heterocycles. The summed E-state index contributed by atoms with van der Waals surface area (Å²) in [5, 5.41) is 6.42. The Kier molecular flexibility index (Phi) is 4.37. The predicted molar refractivity (Wildman–Crippen MR) is 88.8 cm³/mol. The number of nitrogens with zero attached hydrogens (tertiary/aromatic N) is 1. The number of hydrogen-bond donors (Lipinski definition) is 2. The van der Waals surface area contributed by atoms with E-state index in [1.165, 1.54) is 0 Å². The van der Waals surface area contributed by atoms with E-state index in [9.17, 15) is 4.79 Å². The van der Waals surface area contributed by atoms with Crippen LogP contribution in [-0.4, -0.2) is 17.4 Å². The van der Waals surface area contributed by atoms with Gasteiger partial charge in [0.2, 0.25) is 5.91 Å². The number of carbonyl (C=O) groups excluding carboxylic acids is 1. The average molecular weight is 295 g/mol. The highest BCUT2D eigenvalue weighted by Crippen LogP contribution is 2.38. The normalized spacial score (nSPS) is 19.5. The molecule has 1 aromatic heterocycles. The Labute approximate surface area is 131 Å². The maximum absolute atomic E-state index is 12.1. The summed E-state index contributed by atoms with van der Waals surface area (Å²) in [5.41, 5.74) is 2.87. The van der Waals surface area contributed by atoms with Gasteiger partial charge in [-0.1, -0.05) is 25.1 Å². The maximum atomic E-state index is 12.1. The lowest BCUT2D eigenvalue weighted by Gasteiger charge is -2.13. The number of anilines is 2. The van der Waals surface area contributed by atoms with Crippen LogP contribution in [0.3, 0.4) is 0 Å². The van der Waals surface area contributed by atoms with Crippen molar-refractivity contribution in [3.05, 3.63) is 54.4 Å². The Morgan fingerprint density at radius 1 is 1.18 bits per heavy atom. The second kappa shape index (κ2) is 6.60. The van der Waals surface area contributed by atoms with Crippen molar-refractivity contribution in [3.8, 4) is 0 Å². The van der Waals surface area contributed by atoms with Gasteiger partial charge in [0.25, 0.3) is 0 Å². The summed E-state index contributed by atoms with van der Waals surface area (Å²) in [6, 6.07) is 13.8. The highest BCUT2D eigenvalue weighted by atomic mass is 16.2. The third kappa shape index (κ3) is 3.64. The van der Waals surface area contributed by atoms with Crippen LogP contribution >= 0.6 is 0 Å². The van der Waals surface area contributed by atoms with Crippen molar-refractivity contribution in [3.63, 3.8) is 0 Å². The smallest absolute Gasteiger partial charge is 0.227 e. The van der Waals surface area contributed by atoms with Crippen LogP contribution in [0.5, 0.6) is 0 Å². The third-order valence-electron chi connectivity index (χ3n) is 4.05. The van der Waals surface area contributed by atoms with Gasteiger partial charge in [0.15, 0.2) is 0 Å². The molecule has 0 radical (unpaired) electrons. The molecule has 114 valence electrons. The second-order valence-electron chi connectivity index (χ2n) is 5.85. The lowest BCUT2D eigenvalue weighted by molar-refractivity contribution is -0.117. The third-order valence-corrected chi connectivity index (χ3v) is 4.05. The number of amides is 1. The van der Waals surface area contributed by atoms with E-state index in [0.29, 0.717) is 5.92 Å². The number of nitrogens with one attached hydrogen (secondary N) is 2. The van der Waals surface area contributed by atoms with E-state index < -0.39 is 0 Å². The Morgan fingerprint density at radius 2 is 1.91 bits per heavy atom. The van der Waals surface area contributed by atoms with E-state index in [-0.39, 0.29) is 11.8 Å². The minimum absolute atomic E-state index is 0.131. The molecule has 1 fully saturated rings. The first-order valence-corrected chi connectivity index (χ1v) is 7.77. The van der Waals surface area contributed by atoms with Gasteiger partial charge in [0.05, 0.1) is 11.4 Å². The maximum Gasteiger partial charge on any atom is 0.227 e. The number of hydrogen-bond acceptors (Lipinski definition) is 3. The summed E-state index contributed by atoms with van der Waals surface area (Å²) in [6.07, 6.45) is 3.66. The number of aromatic nitrogens is 1. The molecule has 22 heavy (non-hydrogen) atoms. The molecule has 0 bridgehead atoms. The van der Waals surface area contributed by atoms with Crippen LogP contribution in [0.4, 0.5) is 11.4 Å². The summed E-state index contributed by atoms with van der Waals surface area (Å²) < 4.78 is 0. The van der Waals surface area contributed by atoms with E-state index >= 15 is 0 Å². The zero-order valence-corrected chi connectivity index (χ0v) is 12.8. The lowest BCUT2D eigenvalue weighted by atomic mass is 10.2. The Bertz CT molecular complexity index is 642. The molecular weight excluding hydrogens is 274 g/mol. The molecule has 1 aliphatic carbocycles.